The van der Waals surface area contributed by atoms with Gasteiger partial charge in [-0.1, -0.05) is 37.3 Å². The van der Waals surface area contributed by atoms with Gasteiger partial charge in [0, 0.05) is 6.04 Å². The topological polar surface area (TPSA) is 54.6 Å². The summed E-state index contributed by atoms with van der Waals surface area (Å²) in [6.45, 7) is 11.3. The minimum Gasteiger partial charge on any atom is -0.329 e. The average molecular weight is 452 g/mol. The van der Waals surface area contributed by atoms with Crippen molar-refractivity contribution in [2.45, 2.75) is 51.6 Å². The molecule has 1 saturated heterocycles. The van der Waals surface area contributed by atoms with E-state index in [1.807, 2.05) is 30.0 Å². The first-order valence-electron chi connectivity index (χ1n) is 9.73. The minimum absolute atomic E-state index is 0.0318. The van der Waals surface area contributed by atoms with Gasteiger partial charge in [0.25, 0.3) is 0 Å². The summed E-state index contributed by atoms with van der Waals surface area (Å²) in [4.78, 5) is 36.0. The number of hydrogen-bond acceptors (Lipinski definition) is 3. The third-order valence-electron chi connectivity index (χ3n) is 6.20. The highest BCUT2D eigenvalue weighted by atomic mass is 79.9. The summed E-state index contributed by atoms with van der Waals surface area (Å²) >= 11 is 3.37. The van der Waals surface area contributed by atoms with E-state index in [0.29, 0.717) is 10.3 Å². The van der Waals surface area contributed by atoms with Crippen molar-refractivity contribution in [3.8, 4) is 0 Å². The normalized spacial score (nSPS) is 24.7. The van der Waals surface area contributed by atoms with Gasteiger partial charge in [-0.25, -0.2) is 9.83 Å². The molecule has 2 heterocycles. The Morgan fingerprint density at radius 2 is 2.07 bits per heavy atom. The first kappa shape index (κ1) is 19.8. The van der Waals surface area contributed by atoms with E-state index in [2.05, 4.69) is 32.7 Å². The molecule has 1 aromatic carbocycles. The predicted molar refractivity (Wildman–Crippen MR) is 114 cm³/mol. The van der Waals surface area contributed by atoms with E-state index in [1.54, 1.807) is 18.2 Å². The lowest BCUT2D eigenvalue weighted by Crippen LogP contribution is -2.44. The largest absolute Gasteiger partial charge is 0.329 e. The summed E-state index contributed by atoms with van der Waals surface area (Å²) in [6.07, 6.45) is 2.12. The smallest absolute Gasteiger partial charge is 0.227 e. The van der Waals surface area contributed by atoms with Crippen LogP contribution < -0.4 is 0 Å². The van der Waals surface area contributed by atoms with Crippen molar-refractivity contribution < 1.29 is 9.59 Å². The molecule has 6 heteroatoms. The van der Waals surface area contributed by atoms with E-state index in [1.165, 1.54) is 0 Å². The van der Waals surface area contributed by atoms with E-state index in [9.17, 15) is 9.59 Å². The molecule has 2 aliphatic rings. The monoisotopic (exact) mass is 451 g/mol. The molecule has 2 fully saturated rings. The number of hydrogen-bond donors (Lipinski definition) is 0. The summed E-state index contributed by atoms with van der Waals surface area (Å²) < 4.78 is 0.708. The molecule has 0 bridgehead atoms. The van der Waals surface area contributed by atoms with Gasteiger partial charge in [0.05, 0.1) is 31.1 Å². The van der Waals surface area contributed by atoms with Crippen molar-refractivity contribution >= 4 is 33.3 Å². The van der Waals surface area contributed by atoms with Crippen molar-refractivity contribution in [2.75, 3.05) is 0 Å². The number of rotatable bonds is 5. The molecule has 2 aromatic rings. The Kier molecular flexibility index (Phi) is 5.04. The number of Topliss-reactive ketones (excluding diaryl/α,β-unsaturated/α-hetero) is 1. The lowest BCUT2D eigenvalue weighted by Gasteiger charge is -2.27. The van der Waals surface area contributed by atoms with Crippen molar-refractivity contribution in [3.63, 3.8) is 0 Å². The number of likely N-dealkylation sites (tertiary alicyclic amines) is 1. The second-order valence-corrected chi connectivity index (χ2v) is 9.21. The first-order valence-corrected chi connectivity index (χ1v) is 10.5. The molecule has 1 saturated carbocycles. The molecule has 3 atom stereocenters. The van der Waals surface area contributed by atoms with Crippen molar-refractivity contribution in [1.29, 1.82) is 0 Å². The second kappa shape index (κ2) is 7.38. The van der Waals surface area contributed by atoms with E-state index in [0.717, 1.165) is 29.7 Å². The van der Waals surface area contributed by atoms with Crippen LogP contribution in [-0.4, -0.2) is 33.7 Å². The van der Waals surface area contributed by atoms with Gasteiger partial charge >= 0.3 is 0 Å². The van der Waals surface area contributed by atoms with E-state index < -0.39 is 6.04 Å². The molecule has 1 amide bonds. The highest BCUT2D eigenvalue weighted by Gasteiger charge is 2.63. The number of amides is 1. The number of pyridine rings is 1. The van der Waals surface area contributed by atoms with Crippen molar-refractivity contribution in [2.24, 2.45) is 5.41 Å². The maximum atomic E-state index is 13.2. The standard InChI is InChI=1S/C23H22BrN3O2/c1-14-7-8-21(24)26-17(14)11-19(28)18-12-23(2)13-20(23)27(18)22(29)10-15-5-4-6-16(9-15)25-3/h4-9,18,20H,10-13H2,1-2H3/t18?,20-,23+/m1/s1. The van der Waals surface area contributed by atoms with Gasteiger partial charge in [-0.2, -0.15) is 0 Å². The van der Waals surface area contributed by atoms with Gasteiger partial charge in [0.1, 0.15) is 4.60 Å². The summed E-state index contributed by atoms with van der Waals surface area (Å²) in [6, 6.07) is 10.7. The summed E-state index contributed by atoms with van der Waals surface area (Å²) in [5, 5.41) is 0. The zero-order valence-electron chi connectivity index (χ0n) is 16.5. The molecule has 0 spiro atoms. The SMILES string of the molecule is [C-]#[N+]c1cccc(CC(=O)N2C(C(=O)Cc3nc(Br)ccc3C)C[C@@]3(C)C[C@@H]23)c1. The van der Waals surface area contributed by atoms with Crippen molar-refractivity contribution in [1.82, 2.24) is 9.88 Å². The van der Waals surface area contributed by atoms with E-state index >= 15 is 0 Å². The molecule has 0 N–H and O–H groups in total. The predicted octanol–water partition coefficient (Wildman–Crippen LogP) is 4.44. The molecule has 0 radical (unpaired) electrons. The van der Waals surface area contributed by atoms with E-state index in [4.69, 9.17) is 6.57 Å². The van der Waals surface area contributed by atoms with Gasteiger partial charge in [0.15, 0.2) is 11.5 Å². The van der Waals surface area contributed by atoms with Gasteiger partial charge in [-0.3, -0.25) is 9.59 Å². The molecule has 1 unspecified atom stereocenters. The number of ketones is 1. The summed E-state index contributed by atoms with van der Waals surface area (Å²) in [5.74, 6) is 0.0195. The number of aryl methyl sites for hydroxylation is 1. The molecule has 1 aromatic heterocycles. The van der Waals surface area contributed by atoms with E-state index in [-0.39, 0.29) is 36.0 Å². The highest BCUT2D eigenvalue weighted by Crippen LogP contribution is 2.59. The van der Waals surface area contributed by atoms with Crippen LogP contribution in [0.1, 0.15) is 36.6 Å². The van der Waals surface area contributed by atoms with Gasteiger partial charge < -0.3 is 4.90 Å². The lowest BCUT2D eigenvalue weighted by molar-refractivity contribution is -0.138. The van der Waals surface area contributed by atoms with Gasteiger partial charge in [-0.05, 0) is 58.3 Å². The lowest BCUT2D eigenvalue weighted by atomic mass is 9.96. The van der Waals surface area contributed by atoms with Crippen LogP contribution in [0.15, 0.2) is 41.0 Å². The zero-order chi connectivity index (χ0) is 20.8. The molecule has 5 nitrogen and oxygen atoms in total. The molecule has 1 aliphatic carbocycles. The van der Waals surface area contributed by atoms with Crippen LogP contribution in [0.4, 0.5) is 5.69 Å². The molecule has 4 rings (SSSR count). The minimum atomic E-state index is -0.393. The fourth-order valence-electron chi connectivity index (χ4n) is 4.42. The molecule has 29 heavy (non-hydrogen) atoms. The van der Waals surface area contributed by atoms with Crippen LogP contribution in [0.25, 0.3) is 4.85 Å². The number of aromatic nitrogens is 1. The maximum Gasteiger partial charge on any atom is 0.227 e. The Bertz CT molecular complexity index is 1040. The summed E-state index contributed by atoms with van der Waals surface area (Å²) in [5.41, 5.74) is 3.12. The number of halogens is 1. The Morgan fingerprint density at radius 3 is 2.83 bits per heavy atom. The number of nitrogens with zero attached hydrogens (tertiary/aromatic N) is 3. The Labute approximate surface area is 179 Å². The molecule has 148 valence electrons. The van der Waals surface area contributed by atoms with Crippen LogP contribution in [0, 0.1) is 18.9 Å². The number of piperidine rings is 1. The zero-order valence-corrected chi connectivity index (χ0v) is 18.1. The van der Waals surface area contributed by atoms with Gasteiger partial charge in [-0.15, -0.1) is 0 Å². The maximum absolute atomic E-state index is 13.2. The fraction of sp³-hybridized carbons (Fsp3) is 0.391. The Hall–Kier alpha value is -2.52. The molecular formula is C23H22BrN3O2. The fourth-order valence-corrected chi connectivity index (χ4v) is 4.76. The third kappa shape index (κ3) is 3.84. The van der Waals surface area contributed by atoms with Gasteiger partial charge in [0.2, 0.25) is 5.91 Å². The van der Waals surface area contributed by atoms with Crippen LogP contribution >= 0.6 is 15.9 Å². The number of carbonyl (C=O) groups is 2. The van der Waals surface area contributed by atoms with Crippen molar-refractivity contribution in [3.05, 3.63) is 69.2 Å². The van der Waals surface area contributed by atoms with Crippen LogP contribution in [0.5, 0.6) is 0 Å². The highest BCUT2D eigenvalue weighted by molar-refractivity contribution is 9.10. The third-order valence-corrected chi connectivity index (χ3v) is 6.64. The number of carbonyl (C=O) groups excluding carboxylic acids is 2. The Morgan fingerprint density at radius 1 is 1.28 bits per heavy atom. The average Bonchev–Trinajstić information content (AvgIpc) is 3.25. The number of fused-ring (bicyclic) bond motifs is 1. The number of benzene rings is 1. The quantitative estimate of drug-likeness (QED) is 0.498. The first-order chi connectivity index (χ1) is 13.8. The molecule has 1 aliphatic heterocycles. The van der Waals surface area contributed by atoms with Crippen LogP contribution in [0.2, 0.25) is 0 Å². The molecular weight excluding hydrogens is 430 g/mol. The summed E-state index contributed by atoms with van der Waals surface area (Å²) in [7, 11) is 0. The second-order valence-electron chi connectivity index (χ2n) is 8.39. The van der Waals surface area contributed by atoms with Crippen LogP contribution in [0.3, 0.4) is 0 Å². The Balaban J connectivity index is 1.53. The van der Waals surface area contributed by atoms with Crippen LogP contribution in [-0.2, 0) is 22.4 Å².